The lowest BCUT2D eigenvalue weighted by Gasteiger charge is -1.99. The second-order valence-corrected chi connectivity index (χ2v) is 4.35. The van der Waals surface area contributed by atoms with Crippen molar-refractivity contribution in [1.29, 1.82) is 0 Å². The molecule has 0 saturated heterocycles. The molecule has 1 aromatic rings. The van der Waals surface area contributed by atoms with Gasteiger partial charge in [0.2, 0.25) is 0 Å². The van der Waals surface area contributed by atoms with Crippen LogP contribution in [0, 0.1) is 0 Å². The Bertz CT molecular complexity index is 391. The molecule has 0 spiro atoms. The minimum Gasteiger partial charge on any atom is -0.506 e. The minimum atomic E-state index is 0.418. The van der Waals surface area contributed by atoms with Crippen LogP contribution < -0.4 is 9.75 Å². The first-order valence-electron chi connectivity index (χ1n) is 3.44. The zero-order valence-electron chi connectivity index (χ0n) is 5.80. The summed E-state index contributed by atoms with van der Waals surface area (Å²) in [5.74, 6) is 0.418. The van der Waals surface area contributed by atoms with E-state index in [1.165, 1.54) is 9.01 Å². The SMILES string of the molecule is Oc1csc2c1=CCCC=2Br. The third-order valence-electron chi connectivity index (χ3n) is 1.77. The topological polar surface area (TPSA) is 20.2 Å². The fourth-order valence-electron chi connectivity index (χ4n) is 1.22. The lowest BCUT2D eigenvalue weighted by molar-refractivity contribution is 0.473. The number of hydrogen-bond donors (Lipinski definition) is 1. The van der Waals surface area contributed by atoms with Crippen molar-refractivity contribution in [3.63, 3.8) is 0 Å². The fourth-order valence-corrected chi connectivity index (χ4v) is 2.85. The van der Waals surface area contributed by atoms with E-state index in [4.69, 9.17) is 0 Å². The summed E-state index contributed by atoms with van der Waals surface area (Å²) in [5.41, 5.74) is 0. The number of thiophene rings is 1. The molecule has 0 radical (unpaired) electrons. The summed E-state index contributed by atoms with van der Waals surface area (Å²) in [6, 6.07) is 0. The van der Waals surface area contributed by atoms with Crippen LogP contribution in [0.2, 0.25) is 0 Å². The van der Waals surface area contributed by atoms with E-state index < -0.39 is 0 Å². The van der Waals surface area contributed by atoms with Crippen LogP contribution in [0.3, 0.4) is 0 Å². The van der Waals surface area contributed by atoms with Crippen LogP contribution in [-0.2, 0) is 0 Å². The number of aromatic hydroxyl groups is 1. The predicted octanol–water partition coefficient (Wildman–Crippen LogP) is 1.53. The van der Waals surface area contributed by atoms with Crippen molar-refractivity contribution >= 4 is 37.8 Å². The zero-order chi connectivity index (χ0) is 7.84. The normalized spacial score (nSPS) is 15.9. The van der Waals surface area contributed by atoms with Gasteiger partial charge >= 0.3 is 0 Å². The van der Waals surface area contributed by atoms with Gasteiger partial charge in [-0.3, -0.25) is 0 Å². The van der Waals surface area contributed by atoms with Crippen LogP contribution in [0.1, 0.15) is 12.8 Å². The monoisotopic (exact) mass is 230 g/mol. The van der Waals surface area contributed by atoms with Crippen molar-refractivity contribution in [3.05, 3.63) is 15.1 Å². The van der Waals surface area contributed by atoms with Gasteiger partial charge in [0.25, 0.3) is 0 Å². The second-order valence-electron chi connectivity index (χ2n) is 2.51. The van der Waals surface area contributed by atoms with Crippen LogP contribution in [0.15, 0.2) is 5.38 Å². The molecule has 1 aliphatic carbocycles. The molecule has 1 nitrogen and oxygen atoms in total. The number of halogens is 1. The molecular formula is C8H7BrOS. The second kappa shape index (κ2) is 2.64. The van der Waals surface area contributed by atoms with E-state index >= 15 is 0 Å². The Labute approximate surface area is 76.8 Å². The molecule has 0 aliphatic heterocycles. The molecule has 0 aromatic carbocycles. The third-order valence-corrected chi connectivity index (χ3v) is 3.87. The molecule has 0 amide bonds. The van der Waals surface area contributed by atoms with Gasteiger partial charge in [-0.25, -0.2) is 0 Å². The van der Waals surface area contributed by atoms with Crippen LogP contribution >= 0.6 is 27.3 Å². The number of hydrogen-bond acceptors (Lipinski definition) is 2. The van der Waals surface area contributed by atoms with Crippen LogP contribution in [0.4, 0.5) is 0 Å². The highest BCUT2D eigenvalue weighted by atomic mass is 79.9. The maximum absolute atomic E-state index is 9.36. The highest BCUT2D eigenvalue weighted by Crippen LogP contribution is 2.17. The van der Waals surface area contributed by atoms with Gasteiger partial charge in [0.1, 0.15) is 5.75 Å². The van der Waals surface area contributed by atoms with E-state index in [1.54, 1.807) is 16.7 Å². The molecule has 0 saturated carbocycles. The van der Waals surface area contributed by atoms with E-state index in [0.717, 1.165) is 18.1 Å². The zero-order valence-corrected chi connectivity index (χ0v) is 8.20. The molecule has 58 valence electrons. The molecule has 0 unspecified atom stereocenters. The van der Waals surface area contributed by atoms with Gasteiger partial charge in [-0.1, -0.05) is 22.0 Å². The van der Waals surface area contributed by atoms with Gasteiger partial charge < -0.3 is 5.11 Å². The Hall–Kier alpha value is -0.280. The maximum Gasteiger partial charge on any atom is 0.133 e. The molecule has 1 aliphatic rings. The summed E-state index contributed by atoms with van der Waals surface area (Å²) in [5, 5.41) is 12.2. The summed E-state index contributed by atoms with van der Waals surface area (Å²) < 4.78 is 2.41. The van der Waals surface area contributed by atoms with E-state index in [1.807, 2.05) is 0 Å². The quantitative estimate of drug-likeness (QED) is 0.717. The first-order valence-corrected chi connectivity index (χ1v) is 5.11. The molecule has 2 rings (SSSR count). The van der Waals surface area contributed by atoms with Crippen molar-refractivity contribution in [2.24, 2.45) is 0 Å². The van der Waals surface area contributed by atoms with Gasteiger partial charge in [0.15, 0.2) is 0 Å². The summed E-state index contributed by atoms with van der Waals surface area (Å²) in [6.45, 7) is 0. The molecule has 0 atom stereocenters. The van der Waals surface area contributed by atoms with Gasteiger partial charge in [-0.15, -0.1) is 11.3 Å². The van der Waals surface area contributed by atoms with E-state index in [-0.39, 0.29) is 0 Å². The average molecular weight is 231 g/mol. The molecule has 1 heterocycles. The molecule has 11 heavy (non-hydrogen) atoms. The minimum absolute atomic E-state index is 0.418. The van der Waals surface area contributed by atoms with E-state index in [0.29, 0.717) is 5.75 Å². The third kappa shape index (κ3) is 1.12. The van der Waals surface area contributed by atoms with Crippen molar-refractivity contribution in [2.45, 2.75) is 12.8 Å². The van der Waals surface area contributed by atoms with Gasteiger partial charge in [0, 0.05) is 19.6 Å². The molecular weight excluding hydrogens is 224 g/mol. The Morgan fingerprint density at radius 2 is 2.36 bits per heavy atom. The number of fused-ring (bicyclic) bond motifs is 1. The Morgan fingerprint density at radius 1 is 1.55 bits per heavy atom. The molecule has 0 bridgehead atoms. The standard InChI is InChI=1S/C8H7BrOS/c9-6-3-1-2-5-7(10)4-11-8(5)6/h2,4,10H,1,3H2. The van der Waals surface area contributed by atoms with Crippen LogP contribution in [0.5, 0.6) is 5.75 Å². The Balaban J connectivity index is 2.92. The molecule has 1 aromatic heterocycles. The summed E-state index contributed by atoms with van der Waals surface area (Å²) >= 11 is 5.09. The Morgan fingerprint density at radius 3 is 3.09 bits per heavy atom. The summed E-state index contributed by atoms with van der Waals surface area (Å²) in [7, 11) is 0. The van der Waals surface area contributed by atoms with Crippen molar-refractivity contribution in [3.8, 4) is 5.75 Å². The lowest BCUT2D eigenvalue weighted by atomic mass is 10.2. The van der Waals surface area contributed by atoms with Gasteiger partial charge in [-0.05, 0) is 12.8 Å². The van der Waals surface area contributed by atoms with E-state index in [9.17, 15) is 5.11 Å². The molecule has 1 N–H and O–H groups in total. The van der Waals surface area contributed by atoms with Gasteiger partial charge in [0.05, 0.1) is 0 Å². The van der Waals surface area contributed by atoms with Crippen LogP contribution in [-0.4, -0.2) is 5.11 Å². The molecule has 3 heteroatoms. The summed E-state index contributed by atoms with van der Waals surface area (Å²) in [4.78, 5) is 0. The largest absolute Gasteiger partial charge is 0.506 e. The first kappa shape index (κ1) is 7.37. The smallest absolute Gasteiger partial charge is 0.133 e. The van der Waals surface area contributed by atoms with E-state index in [2.05, 4.69) is 22.0 Å². The van der Waals surface area contributed by atoms with Gasteiger partial charge in [-0.2, -0.15) is 0 Å². The summed E-state index contributed by atoms with van der Waals surface area (Å²) in [6.07, 6.45) is 4.18. The van der Waals surface area contributed by atoms with Crippen molar-refractivity contribution in [1.82, 2.24) is 0 Å². The predicted molar refractivity (Wildman–Crippen MR) is 51.3 cm³/mol. The van der Waals surface area contributed by atoms with Crippen LogP contribution in [0.25, 0.3) is 10.6 Å². The average Bonchev–Trinajstić information content (AvgIpc) is 2.35. The Kier molecular flexibility index (Phi) is 1.77. The highest BCUT2D eigenvalue weighted by molar-refractivity contribution is 9.14. The lowest BCUT2D eigenvalue weighted by Crippen LogP contribution is -2.22. The maximum atomic E-state index is 9.36. The van der Waals surface area contributed by atoms with Crippen molar-refractivity contribution < 1.29 is 5.11 Å². The first-order chi connectivity index (χ1) is 5.29. The molecule has 0 fully saturated rings. The highest BCUT2D eigenvalue weighted by Gasteiger charge is 2.05. The van der Waals surface area contributed by atoms with Crippen molar-refractivity contribution in [2.75, 3.05) is 0 Å². The fraction of sp³-hybridized carbons (Fsp3) is 0.250. The number of rotatable bonds is 0.